The first-order valence-electron chi connectivity index (χ1n) is 12.3. The molecule has 0 spiro atoms. The second-order valence-electron chi connectivity index (χ2n) is 8.40. The first kappa shape index (κ1) is 28.1. The number of hydrogen-bond donors (Lipinski definition) is 2. The molecule has 0 bridgehead atoms. The van der Waals surface area contributed by atoms with Crippen molar-refractivity contribution in [3.8, 4) is 34.3 Å². The van der Waals surface area contributed by atoms with Crippen molar-refractivity contribution in [2.75, 3.05) is 50.7 Å². The van der Waals surface area contributed by atoms with Crippen molar-refractivity contribution in [1.82, 2.24) is 15.0 Å². The van der Waals surface area contributed by atoms with Crippen LogP contribution in [0.25, 0.3) is 22.5 Å². The van der Waals surface area contributed by atoms with E-state index in [-0.39, 0.29) is 22.8 Å². The number of nitriles is 1. The standard InChI is InChI=1S/C28H23FN6O3.CH4O/c1-37-25-4-2-3-21(29)26(25)27-32-10-8-23(33-27)28(36)34-22-6-5-18(20-17-31-9-7-19(20)16-30)15-24(22)35-11-13-38-14-12-35;1-2/h2-10,15,17H,11-14H2,1H3,(H,34,36);2H,1H3. The van der Waals surface area contributed by atoms with Gasteiger partial charge in [-0.25, -0.2) is 14.4 Å². The Hall–Kier alpha value is -4.92. The lowest BCUT2D eigenvalue weighted by atomic mass is 10.0. The van der Waals surface area contributed by atoms with Crippen LogP contribution in [0, 0.1) is 17.1 Å². The number of nitrogens with zero attached hydrogens (tertiary/aromatic N) is 5. The summed E-state index contributed by atoms with van der Waals surface area (Å²) in [7, 11) is 2.43. The minimum atomic E-state index is -0.556. The minimum Gasteiger partial charge on any atom is -0.496 e. The summed E-state index contributed by atoms with van der Waals surface area (Å²) < 4.78 is 25.4. The summed E-state index contributed by atoms with van der Waals surface area (Å²) in [5.41, 5.74) is 3.47. The number of pyridine rings is 1. The van der Waals surface area contributed by atoms with Gasteiger partial charge in [0.05, 0.1) is 48.9 Å². The zero-order valence-corrected chi connectivity index (χ0v) is 22.0. The van der Waals surface area contributed by atoms with Crippen molar-refractivity contribution < 1.29 is 23.8 Å². The molecule has 0 unspecified atom stereocenters. The third kappa shape index (κ3) is 6.04. The van der Waals surface area contributed by atoms with Gasteiger partial charge >= 0.3 is 0 Å². The van der Waals surface area contributed by atoms with Crippen LogP contribution in [-0.4, -0.2) is 66.5 Å². The molecule has 2 aromatic heterocycles. The number of hydrogen-bond acceptors (Lipinski definition) is 9. The van der Waals surface area contributed by atoms with Crippen LogP contribution in [0.5, 0.6) is 5.75 Å². The highest BCUT2D eigenvalue weighted by atomic mass is 19.1. The van der Waals surface area contributed by atoms with Gasteiger partial charge in [0.15, 0.2) is 5.82 Å². The molecule has 0 aliphatic carbocycles. The summed E-state index contributed by atoms with van der Waals surface area (Å²) in [5, 5.41) is 19.5. The molecule has 0 saturated carbocycles. The number of ether oxygens (including phenoxy) is 2. The van der Waals surface area contributed by atoms with Crippen LogP contribution in [-0.2, 0) is 4.74 Å². The number of methoxy groups -OCH3 is 1. The molecular weight excluding hydrogens is 515 g/mol. The lowest BCUT2D eigenvalue weighted by Crippen LogP contribution is -2.36. The highest BCUT2D eigenvalue weighted by Crippen LogP contribution is 2.34. The molecule has 1 aliphatic heterocycles. The summed E-state index contributed by atoms with van der Waals surface area (Å²) in [6.07, 6.45) is 4.63. The molecule has 1 amide bonds. The number of benzene rings is 2. The van der Waals surface area contributed by atoms with E-state index in [0.717, 1.165) is 18.4 Å². The average molecular weight is 543 g/mol. The topological polar surface area (TPSA) is 133 Å². The molecule has 11 heteroatoms. The van der Waals surface area contributed by atoms with Crippen molar-refractivity contribution in [3.05, 3.63) is 84.2 Å². The molecule has 0 atom stereocenters. The first-order valence-corrected chi connectivity index (χ1v) is 12.3. The quantitative estimate of drug-likeness (QED) is 0.372. The Morgan fingerprint density at radius 2 is 1.95 bits per heavy atom. The molecule has 4 aromatic rings. The molecule has 5 rings (SSSR count). The summed E-state index contributed by atoms with van der Waals surface area (Å²) in [4.78, 5) is 28.1. The second kappa shape index (κ2) is 13.2. The normalized spacial score (nSPS) is 12.5. The fourth-order valence-electron chi connectivity index (χ4n) is 4.28. The van der Waals surface area contributed by atoms with Gasteiger partial charge in [-0.2, -0.15) is 5.26 Å². The Bertz CT molecular complexity index is 1540. The number of aromatic nitrogens is 3. The van der Waals surface area contributed by atoms with Gasteiger partial charge in [-0.15, -0.1) is 0 Å². The van der Waals surface area contributed by atoms with E-state index in [1.54, 1.807) is 30.6 Å². The van der Waals surface area contributed by atoms with E-state index in [1.165, 1.54) is 31.5 Å². The average Bonchev–Trinajstić information content (AvgIpc) is 3.02. The third-order valence-corrected chi connectivity index (χ3v) is 6.16. The van der Waals surface area contributed by atoms with E-state index in [4.69, 9.17) is 14.6 Å². The monoisotopic (exact) mass is 542 g/mol. The highest BCUT2D eigenvalue weighted by molar-refractivity contribution is 6.05. The van der Waals surface area contributed by atoms with Gasteiger partial charge in [0.1, 0.15) is 17.3 Å². The van der Waals surface area contributed by atoms with E-state index >= 15 is 0 Å². The predicted octanol–water partition coefficient (Wildman–Crippen LogP) is 3.92. The van der Waals surface area contributed by atoms with E-state index in [0.29, 0.717) is 43.1 Å². The molecule has 204 valence electrons. The maximum atomic E-state index is 14.6. The zero-order valence-electron chi connectivity index (χ0n) is 22.0. The number of rotatable bonds is 6. The molecule has 0 radical (unpaired) electrons. The smallest absolute Gasteiger partial charge is 0.274 e. The summed E-state index contributed by atoms with van der Waals surface area (Å²) in [6, 6.07) is 15.3. The van der Waals surface area contributed by atoms with E-state index < -0.39 is 11.7 Å². The highest BCUT2D eigenvalue weighted by Gasteiger charge is 2.21. The van der Waals surface area contributed by atoms with Crippen molar-refractivity contribution in [1.29, 1.82) is 5.26 Å². The van der Waals surface area contributed by atoms with Crippen molar-refractivity contribution >= 4 is 17.3 Å². The number of carbonyl (C=O) groups is 1. The Kier molecular flexibility index (Phi) is 9.30. The van der Waals surface area contributed by atoms with E-state index in [1.807, 2.05) is 12.1 Å². The summed E-state index contributed by atoms with van der Waals surface area (Å²) in [6.45, 7) is 2.37. The fraction of sp³-hybridized carbons (Fsp3) is 0.207. The largest absolute Gasteiger partial charge is 0.496 e. The Labute approximate surface area is 230 Å². The van der Waals surface area contributed by atoms with Crippen molar-refractivity contribution in [3.63, 3.8) is 0 Å². The lowest BCUT2D eigenvalue weighted by molar-refractivity contribution is 0.102. The fourth-order valence-corrected chi connectivity index (χ4v) is 4.28. The van der Waals surface area contributed by atoms with Gasteiger partial charge in [-0.05, 0) is 42.0 Å². The van der Waals surface area contributed by atoms with Crippen LogP contribution in [0.4, 0.5) is 15.8 Å². The van der Waals surface area contributed by atoms with Crippen molar-refractivity contribution in [2.45, 2.75) is 0 Å². The van der Waals surface area contributed by atoms with Gasteiger partial charge in [0.25, 0.3) is 5.91 Å². The van der Waals surface area contributed by atoms with Crippen LogP contribution in [0.15, 0.2) is 67.1 Å². The number of anilines is 2. The maximum Gasteiger partial charge on any atom is 0.274 e. The van der Waals surface area contributed by atoms with Crippen LogP contribution in [0.2, 0.25) is 0 Å². The van der Waals surface area contributed by atoms with Crippen LogP contribution in [0.3, 0.4) is 0 Å². The summed E-state index contributed by atoms with van der Waals surface area (Å²) in [5.74, 6) is -0.735. The molecule has 10 nitrogen and oxygen atoms in total. The number of nitrogens with one attached hydrogen (secondary N) is 1. The molecule has 1 saturated heterocycles. The maximum absolute atomic E-state index is 14.6. The molecule has 40 heavy (non-hydrogen) atoms. The van der Waals surface area contributed by atoms with E-state index in [9.17, 15) is 14.4 Å². The predicted molar refractivity (Wildman–Crippen MR) is 147 cm³/mol. The van der Waals surface area contributed by atoms with Crippen LogP contribution in [0.1, 0.15) is 16.1 Å². The molecule has 3 heterocycles. The number of carbonyl (C=O) groups excluding carboxylic acids is 1. The zero-order chi connectivity index (χ0) is 28.5. The van der Waals surface area contributed by atoms with E-state index in [2.05, 4.69) is 31.2 Å². The lowest BCUT2D eigenvalue weighted by Gasteiger charge is -2.31. The van der Waals surface area contributed by atoms with Crippen LogP contribution >= 0.6 is 0 Å². The molecule has 2 N–H and O–H groups in total. The van der Waals surface area contributed by atoms with Gasteiger partial charge in [-0.3, -0.25) is 9.78 Å². The second-order valence-corrected chi connectivity index (χ2v) is 8.40. The van der Waals surface area contributed by atoms with Gasteiger partial charge in [0.2, 0.25) is 0 Å². The number of halogens is 1. The molecule has 2 aromatic carbocycles. The van der Waals surface area contributed by atoms with Gasteiger partial charge in [0, 0.05) is 44.4 Å². The molecular formula is C29H27FN6O4. The SMILES string of the molecule is CO.COc1cccc(F)c1-c1nccc(C(=O)Nc2ccc(-c3cnccc3C#N)cc2N2CCOCC2)n1. The minimum absolute atomic E-state index is 0.0389. The first-order chi connectivity index (χ1) is 19.6. The number of aliphatic hydroxyl groups excluding tert-OH is 1. The van der Waals surface area contributed by atoms with Gasteiger partial charge in [-0.1, -0.05) is 12.1 Å². The van der Waals surface area contributed by atoms with Gasteiger partial charge < -0.3 is 24.8 Å². The Morgan fingerprint density at radius 3 is 2.70 bits per heavy atom. The number of morpholine rings is 1. The molecule has 1 fully saturated rings. The number of amides is 1. The third-order valence-electron chi connectivity index (χ3n) is 6.16. The van der Waals surface area contributed by atoms with Crippen LogP contribution < -0.4 is 15.0 Å². The van der Waals surface area contributed by atoms with Crippen molar-refractivity contribution in [2.24, 2.45) is 0 Å². The number of aliphatic hydroxyl groups is 1. The molecule has 1 aliphatic rings. The summed E-state index contributed by atoms with van der Waals surface area (Å²) >= 11 is 0. The Balaban J connectivity index is 0.00000181. The Morgan fingerprint density at radius 1 is 1.15 bits per heavy atom.